The van der Waals surface area contributed by atoms with Crippen molar-refractivity contribution < 1.29 is 24.2 Å². The lowest BCUT2D eigenvalue weighted by atomic mass is 9.85. The fourth-order valence-electron chi connectivity index (χ4n) is 5.29. The second-order valence-electron chi connectivity index (χ2n) is 10.7. The van der Waals surface area contributed by atoms with E-state index < -0.39 is 17.7 Å². The average molecular weight is 525 g/mol. The van der Waals surface area contributed by atoms with Crippen LogP contribution in [-0.4, -0.2) is 36.0 Å². The van der Waals surface area contributed by atoms with E-state index in [1.165, 1.54) is 12.0 Å². The Hall–Kier alpha value is -4.52. The van der Waals surface area contributed by atoms with Crippen molar-refractivity contribution in [3.8, 4) is 11.5 Å². The number of aryl methyl sites for hydroxylation is 1. The number of benzene rings is 3. The Balaban J connectivity index is 1.84. The number of anilines is 1. The van der Waals surface area contributed by atoms with Crippen molar-refractivity contribution in [3.05, 3.63) is 94.7 Å². The highest BCUT2D eigenvalue weighted by atomic mass is 16.5. The molecule has 1 aromatic heterocycles. The van der Waals surface area contributed by atoms with Crippen molar-refractivity contribution in [1.82, 2.24) is 4.98 Å². The van der Waals surface area contributed by atoms with Crippen LogP contribution in [0, 0.1) is 6.92 Å². The minimum atomic E-state index is -0.892. The number of aromatic amines is 1. The van der Waals surface area contributed by atoms with Gasteiger partial charge in [0.25, 0.3) is 11.7 Å². The number of fused-ring (bicyclic) bond motifs is 1. The van der Waals surface area contributed by atoms with Crippen LogP contribution in [0.5, 0.6) is 11.5 Å². The van der Waals surface area contributed by atoms with Gasteiger partial charge < -0.3 is 19.6 Å². The van der Waals surface area contributed by atoms with Gasteiger partial charge in [0, 0.05) is 33.9 Å². The zero-order valence-electron chi connectivity index (χ0n) is 23.0. The standard InChI is InChI=1S/C32H32N2O5/c1-18-26(22-12-7-8-13-24(22)33-18)28-27(29(35)23-16-19(32(2,3)4)14-15-25(23)39-6)30(36)31(37)34(28)20-10-9-11-21(17-20)38-5/h7-17,28,33,35H,1-6H3/b29-27+. The van der Waals surface area contributed by atoms with E-state index in [2.05, 4.69) is 25.8 Å². The molecular weight excluding hydrogens is 492 g/mol. The van der Waals surface area contributed by atoms with Crippen molar-refractivity contribution in [2.45, 2.75) is 39.2 Å². The maximum absolute atomic E-state index is 13.8. The van der Waals surface area contributed by atoms with Crippen molar-refractivity contribution >= 4 is 34.0 Å². The summed E-state index contributed by atoms with van der Waals surface area (Å²) in [5, 5.41) is 12.7. The van der Waals surface area contributed by atoms with E-state index >= 15 is 0 Å². The van der Waals surface area contributed by atoms with E-state index in [0.29, 0.717) is 22.7 Å². The van der Waals surface area contributed by atoms with Crippen LogP contribution in [0.25, 0.3) is 16.7 Å². The van der Waals surface area contributed by atoms with Gasteiger partial charge in [0.2, 0.25) is 0 Å². The highest BCUT2D eigenvalue weighted by molar-refractivity contribution is 6.52. The molecule has 1 aliphatic heterocycles. The van der Waals surface area contributed by atoms with Crippen LogP contribution in [-0.2, 0) is 15.0 Å². The van der Waals surface area contributed by atoms with Crippen molar-refractivity contribution in [2.75, 3.05) is 19.1 Å². The Kier molecular flexibility index (Phi) is 6.46. The minimum absolute atomic E-state index is 0.0000298. The third-order valence-corrected chi connectivity index (χ3v) is 7.31. The number of hydrogen-bond acceptors (Lipinski definition) is 5. The SMILES string of the molecule is COc1cccc(N2C(=O)C(=O)/C(=C(/O)c3cc(C(C)(C)C)ccc3OC)C2c2c(C)[nH]c3ccccc23)c1. The molecule has 1 unspecified atom stereocenters. The highest BCUT2D eigenvalue weighted by Crippen LogP contribution is 2.47. The largest absolute Gasteiger partial charge is 0.507 e. The monoisotopic (exact) mass is 524 g/mol. The number of rotatable bonds is 5. The zero-order valence-corrected chi connectivity index (χ0v) is 23.0. The van der Waals surface area contributed by atoms with Crippen LogP contribution in [0.15, 0.2) is 72.3 Å². The molecule has 2 heterocycles. The van der Waals surface area contributed by atoms with Crippen LogP contribution >= 0.6 is 0 Å². The van der Waals surface area contributed by atoms with Gasteiger partial charge in [0.15, 0.2) is 0 Å². The first-order chi connectivity index (χ1) is 18.6. The van der Waals surface area contributed by atoms with E-state index in [1.54, 1.807) is 37.4 Å². The first-order valence-electron chi connectivity index (χ1n) is 12.8. The number of aromatic nitrogens is 1. The van der Waals surface area contributed by atoms with Gasteiger partial charge in [-0.2, -0.15) is 0 Å². The number of aliphatic hydroxyl groups excluding tert-OH is 1. The molecule has 0 spiro atoms. The second-order valence-corrected chi connectivity index (χ2v) is 10.7. The van der Waals surface area contributed by atoms with Gasteiger partial charge in [0.1, 0.15) is 17.3 Å². The molecule has 7 heteroatoms. The van der Waals surface area contributed by atoms with Gasteiger partial charge in [-0.15, -0.1) is 0 Å². The molecule has 4 aromatic rings. The fourth-order valence-corrected chi connectivity index (χ4v) is 5.29. The van der Waals surface area contributed by atoms with E-state index in [-0.39, 0.29) is 16.7 Å². The minimum Gasteiger partial charge on any atom is -0.507 e. The molecule has 0 radical (unpaired) electrons. The molecule has 0 bridgehead atoms. The summed E-state index contributed by atoms with van der Waals surface area (Å²) in [6.45, 7) is 8.10. The molecule has 3 aromatic carbocycles. The number of carbonyl (C=O) groups excluding carboxylic acids is 2. The Morgan fingerprint density at radius 1 is 0.949 bits per heavy atom. The second kappa shape index (κ2) is 9.66. The average Bonchev–Trinajstić information content (AvgIpc) is 3.39. The van der Waals surface area contributed by atoms with Crippen LogP contribution in [0.4, 0.5) is 5.69 Å². The molecule has 1 aliphatic rings. The van der Waals surface area contributed by atoms with E-state index in [0.717, 1.165) is 27.7 Å². The Morgan fingerprint density at radius 2 is 1.69 bits per heavy atom. The van der Waals surface area contributed by atoms with Gasteiger partial charge in [-0.25, -0.2) is 0 Å². The van der Waals surface area contributed by atoms with Gasteiger partial charge in [-0.1, -0.05) is 51.1 Å². The smallest absolute Gasteiger partial charge is 0.300 e. The van der Waals surface area contributed by atoms with Crippen LogP contribution in [0.1, 0.15) is 49.2 Å². The maximum Gasteiger partial charge on any atom is 0.300 e. The Labute approximate surface area is 227 Å². The lowest BCUT2D eigenvalue weighted by Crippen LogP contribution is -2.29. The van der Waals surface area contributed by atoms with E-state index in [1.807, 2.05) is 43.3 Å². The predicted molar refractivity (Wildman–Crippen MR) is 153 cm³/mol. The molecule has 0 saturated carbocycles. The van der Waals surface area contributed by atoms with Crippen molar-refractivity contribution in [1.29, 1.82) is 0 Å². The molecule has 2 N–H and O–H groups in total. The number of aliphatic hydroxyl groups is 1. The Bertz CT molecular complexity index is 1640. The van der Waals surface area contributed by atoms with Gasteiger partial charge in [-0.05, 0) is 48.2 Å². The molecule has 1 atom stereocenters. The number of nitrogens with zero attached hydrogens (tertiary/aromatic N) is 1. The normalized spacial score (nSPS) is 17.2. The zero-order chi connectivity index (χ0) is 28.1. The first-order valence-corrected chi connectivity index (χ1v) is 12.8. The highest BCUT2D eigenvalue weighted by Gasteiger charge is 2.48. The van der Waals surface area contributed by atoms with Gasteiger partial charge in [0.05, 0.1) is 31.4 Å². The van der Waals surface area contributed by atoms with Crippen LogP contribution < -0.4 is 14.4 Å². The Morgan fingerprint density at radius 3 is 2.38 bits per heavy atom. The summed E-state index contributed by atoms with van der Waals surface area (Å²) >= 11 is 0. The molecule has 1 fully saturated rings. The summed E-state index contributed by atoms with van der Waals surface area (Å²) in [7, 11) is 3.06. The van der Waals surface area contributed by atoms with Crippen LogP contribution in [0.2, 0.25) is 0 Å². The summed E-state index contributed by atoms with van der Waals surface area (Å²) in [6.07, 6.45) is 0. The fraction of sp³-hybridized carbons (Fsp3) is 0.250. The summed E-state index contributed by atoms with van der Waals surface area (Å²) in [6, 6.07) is 19.4. The quantitative estimate of drug-likeness (QED) is 0.179. The molecular formula is C32H32N2O5. The number of methoxy groups -OCH3 is 2. The summed E-state index contributed by atoms with van der Waals surface area (Å²) in [5.74, 6) is -0.833. The van der Waals surface area contributed by atoms with Gasteiger partial charge in [-0.3, -0.25) is 14.5 Å². The first kappa shape index (κ1) is 26.1. The summed E-state index contributed by atoms with van der Waals surface area (Å²) in [4.78, 5) is 32.4. The molecule has 1 amide bonds. The van der Waals surface area contributed by atoms with Crippen molar-refractivity contribution in [3.63, 3.8) is 0 Å². The molecule has 5 rings (SSSR count). The summed E-state index contributed by atoms with van der Waals surface area (Å²) in [5.41, 5.74) is 3.97. The molecule has 0 aliphatic carbocycles. The number of amides is 1. The molecule has 200 valence electrons. The number of hydrogen-bond donors (Lipinski definition) is 2. The van der Waals surface area contributed by atoms with Gasteiger partial charge >= 0.3 is 0 Å². The molecule has 1 saturated heterocycles. The number of para-hydroxylation sites is 1. The molecule has 39 heavy (non-hydrogen) atoms. The van der Waals surface area contributed by atoms with E-state index in [9.17, 15) is 14.7 Å². The predicted octanol–water partition coefficient (Wildman–Crippen LogP) is 6.42. The summed E-state index contributed by atoms with van der Waals surface area (Å²) < 4.78 is 11.0. The topological polar surface area (TPSA) is 91.9 Å². The molecule has 7 nitrogen and oxygen atoms in total. The number of H-pyrrole nitrogens is 1. The lowest BCUT2D eigenvalue weighted by Gasteiger charge is -2.26. The number of ether oxygens (including phenoxy) is 2. The number of nitrogens with one attached hydrogen (secondary N) is 1. The third kappa shape index (κ3) is 4.34. The van der Waals surface area contributed by atoms with Crippen LogP contribution in [0.3, 0.4) is 0 Å². The van der Waals surface area contributed by atoms with Crippen molar-refractivity contribution in [2.24, 2.45) is 0 Å². The third-order valence-electron chi connectivity index (χ3n) is 7.31. The number of carbonyl (C=O) groups is 2. The maximum atomic E-state index is 13.8. The lowest BCUT2D eigenvalue weighted by molar-refractivity contribution is -0.132. The van der Waals surface area contributed by atoms with E-state index in [4.69, 9.17) is 9.47 Å². The number of ketones is 1. The number of Topliss-reactive ketones (excluding diaryl/α,β-unsaturated/α-hetero) is 1.